The van der Waals surface area contributed by atoms with E-state index in [1.165, 1.54) is 6.42 Å². The molecular formula is C12H15Cl2NO. The predicted molar refractivity (Wildman–Crippen MR) is 67.1 cm³/mol. The van der Waals surface area contributed by atoms with Crippen molar-refractivity contribution >= 4 is 23.2 Å². The highest BCUT2D eigenvalue weighted by atomic mass is 35.5. The van der Waals surface area contributed by atoms with E-state index in [9.17, 15) is 0 Å². The van der Waals surface area contributed by atoms with Gasteiger partial charge in [-0.3, -0.25) is 0 Å². The van der Waals surface area contributed by atoms with Crippen molar-refractivity contribution in [1.82, 2.24) is 5.32 Å². The molecule has 1 aromatic carbocycles. The van der Waals surface area contributed by atoms with Crippen molar-refractivity contribution in [2.45, 2.75) is 25.5 Å². The van der Waals surface area contributed by atoms with E-state index in [0.717, 1.165) is 31.7 Å². The zero-order chi connectivity index (χ0) is 11.4. The van der Waals surface area contributed by atoms with Crippen LogP contribution in [0.5, 0.6) is 0 Å². The molecule has 0 aliphatic carbocycles. The van der Waals surface area contributed by atoms with Gasteiger partial charge in [0.25, 0.3) is 0 Å². The highest BCUT2D eigenvalue weighted by Crippen LogP contribution is 2.25. The topological polar surface area (TPSA) is 21.3 Å². The molecule has 2 nitrogen and oxygen atoms in total. The molecule has 2 rings (SSSR count). The Bertz CT molecular complexity index is 351. The lowest BCUT2D eigenvalue weighted by atomic mass is 10.2. The van der Waals surface area contributed by atoms with Crippen molar-refractivity contribution in [2.24, 2.45) is 0 Å². The monoisotopic (exact) mass is 259 g/mol. The first-order valence-electron chi connectivity index (χ1n) is 5.52. The van der Waals surface area contributed by atoms with E-state index in [1.54, 1.807) is 6.07 Å². The standard InChI is InChI=1S/C12H15Cl2NO/c13-11-5-1-3-9(12(11)14)7-15-8-10-4-2-6-16-10/h1,3,5,10,15H,2,4,6-8H2/t10-/m0/s1. The maximum atomic E-state index is 6.09. The third-order valence-electron chi connectivity index (χ3n) is 2.74. The fourth-order valence-corrected chi connectivity index (χ4v) is 2.25. The number of ether oxygens (including phenoxy) is 1. The summed E-state index contributed by atoms with van der Waals surface area (Å²) < 4.78 is 5.52. The highest BCUT2D eigenvalue weighted by molar-refractivity contribution is 6.42. The summed E-state index contributed by atoms with van der Waals surface area (Å²) in [5, 5.41) is 4.60. The molecule has 0 saturated carbocycles. The molecule has 0 unspecified atom stereocenters. The fraction of sp³-hybridized carbons (Fsp3) is 0.500. The molecule has 1 fully saturated rings. The molecule has 88 valence electrons. The number of benzene rings is 1. The third kappa shape index (κ3) is 3.11. The molecule has 0 amide bonds. The van der Waals surface area contributed by atoms with Crippen LogP contribution < -0.4 is 5.32 Å². The molecular weight excluding hydrogens is 245 g/mol. The van der Waals surface area contributed by atoms with Crippen LogP contribution in [0.3, 0.4) is 0 Å². The second-order valence-electron chi connectivity index (χ2n) is 3.98. The number of hydrogen-bond donors (Lipinski definition) is 1. The lowest BCUT2D eigenvalue weighted by molar-refractivity contribution is 0.110. The van der Waals surface area contributed by atoms with E-state index in [0.29, 0.717) is 16.1 Å². The van der Waals surface area contributed by atoms with E-state index >= 15 is 0 Å². The van der Waals surface area contributed by atoms with E-state index in [2.05, 4.69) is 5.32 Å². The number of rotatable bonds is 4. The van der Waals surface area contributed by atoms with Crippen molar-refractivity contribution in [3.8, 4) is 0 Å². The normalized spacial score (nSPS) is 20.2. The summed E-state index contributed by atoms with van der Waals surface area (Å²) in [6.07, 6.45) is 2.68. The predicted octanol–water partition coefficient (Wildman–Crippen LogP) is 3.26. The van der Waals surface area contributed by atoms with E-state index in [1.807, 2.05) is 12.1 Å². The van der Waals surface area contributed by atoms with Crippen LogP contribution in [-0.2, 0) is 11.3 Å². The van der Waals surface area contributed by atoms with E-state index < -0.39 is 0 Å². The van der Waals surface area contributed by atoms with Crippen LogP contribution in [0, 0.1) is 0 Å². The fourth-order valence-electron chi connectivity index (χ4n) is 1.86. The summed E-state index contributed by atoms with van der Waals surface area (Å²) in [5.74, 6) is 0. The van der Waals surface area contributed by atoms with Crippen LogP contribution in [0.25, 0.3) is 0 Å². The van der Waals surface area contributed by atoms with Gasteiger partial charge >= 0.3 is 0 Å². The number of nitrogens with one attached hydrogen (secondary N) is 1. The lowest BCUT2D eigenvalue weighted by Gasteiger charge is -2.11. The third-order valence-corrected chi connectivity index (χ3v) is 3.60. The molecule has 0 radical (unpaired) electrons. The Morgan fingerprint density at radius 2 is 2.25 bits per heavy atom. The van der Waals surface area contributed by atoms with Gasteiger partial charge in [-0.1, -0.05) is 35.3 Å². The average Bonchev–Trinajstić information content (AvgIpc) is 2.77. The molecule has 1 aromatic rings. The molecule has 0 aromatic heterocycles. The minimum absolute atomic E-state index is 0.359. The van der Waals surface area contributed by atoms with Gasteiger partial charge in [-0.25, -0.2) is 0 Å². The van der Waals surface area contributed by atoms with Crippen LogP contribution in [0.4, 0.5) is 0 Å². The molecule has 1 N–H and O–H groups in total. The number of hydrogen-bond acceptors (Lipinski definition) is 2. The largest absolute Gasteiger partial charge is 0.377 e. The van der Waals surface area contributed by atoms with Crippen LogP contribution in [-0.4, -0.2) is 19.3 Å². The van der Waals surface area contributed by atoms with Gasteiger partial charge in [0.05, 0.1) is 16.1 Å². The summed E-state index contributed by atoms with van der Waals surface area (Å²) in [4.78, 5) is 0. The summed E-state index contributed by atoms with van der Waals surface area (Å²) in [7, 11) is 0. The highest BCUT2D eigenvalue weighted by Gasteiger charge is 2.14. The molecule has 1 heterocycles. The molecule has 1 saturated heterocycles. The summed E-state index contributed by atoms with van der Waals surface area (Å²) in [6, 6.07) is 5.70. The Balaban J connectivity index is 1.82. The van der Waals surface area contributed by atoms with Crippen molar-refractivity contribution < 1.29 is 4.74 Å². The first kappa shape index (κ1) is 12.2. The Morgan fingerprint density at radius 3 is 3.00 bits per heavy atom. The first-order valence-corrected chi connectivity index (χ1v) is 6.28. The minimum Gasteiger partial charge on any atom is -0.377 e. The van der Waals surface area contributed by atoms with Gasteiger partial charge in [-0.15, -0.1) is 0 Å². The van der Waals surface area contributed by atoms with Crippen molar-refractivity contribution in [2.75, 3.05) is 13.2 Å². The maximum Gasteiger partial charge on any atom is 0.0700 e. The molecule has 1 aliphatic rings. The van der Waals surface area contributed by atoms with Gasteiger partial charge in [0, 0.05) is 19.7 Å². The van der Waals surface area contributed by atoms with Crippen LogP contribution in [0.1, 0.15) is 18.4 Å². The molecule has 16 heavy (non-hydrogen) atoms. The maximum absolute atomic E-state index is 6.09. The van der Waals surface area contributed by atoms with Crippen molar-refractivity contribution in [3.63, 3.8) is 0 Å². The molecule has 1 atom stereocenters. The average molecular weight is 260 g/mol. The second kappa shape index (κ2) is 5.87. The van der Waals surface area contributed by atoms with Crippen LogP contribution in [0.2, 0.25) is 10.0 Å². The lowest BCUT2D eigenvalue weighted by Crippen LogP contribution is -2.25. The molecule has 0 spiro atoms. The van der Waals surface area contributed by atoms with E-state index in [4.69, 9.17) is 27.9 Å². The Hall–Kier alpha value is -0.280. The summed E-state index contributed by atoms with van der Waals surface area (Å²) >= 11 is 12.0. The summed E-state index contributed by atoms with van der Waals surface area (Å²) in [6.45, 7) is 2.51. The molecule has 1 aliphatic heterocycles. The first-order chi connectivity index (χ1) is 7.77. The van der Waals surface area contributed by atoms with Gasteiger partial charge in [0.15, 0.2) is 0 Å². The zero-order valence-corrected chi connectivity index (χ0v) is 10.5. The van der Waals surface area contributed by atoms with Gasteiger partial charge < -0.3 is 10.1 Å². The minimum atomic E-state index is 0.359. The zero-order valence-electron chi connectivity index (χ0n) is 9.01. The Labute approximate surface area is 106 Å². The van der Waals surface area contributed by atoms with Gasteiger partial charge in [0.2, 0.25) is 0 Å². The Kier molecular flexibility index (Phi) is 4.47. The molecule has 0 bridgehead atoms. The van der Waals surface area contributed by atoms with Crippen LogP contribution >= 0.6 is 23.2 Å². The van der Waals surface area contributed by atoms with Gasteiger partial charge in [-0.2, -0.15) is 0 Å². The summed E-state index contributed by atoms with van der Waals surface area (Å²) in [5.41, 5.74) is 1.03. The van der Waals surface area contributed by atoms with Crippen LogP contribution in [0.15, 0.2) is 18.2 Å². The number of halogens is 2. The van der Waals surface area contributed by atoms with E-state index in [-0.39, 0.29) is 0 Å². The van der Waals surface area contributed by atoms with Gasteiger partial charge in [-0.05, 0) is 24.5 Å². The Morgan fingerprint density at radius 1 is 1.38 bits per heavy atom. The van der Waals surface area contributed by atoms with Crippen molar-refractivity contribution in [3.05, 3.63) is 33.8 Å². The van der Waals surface area contributed by atoms with Gasteiger partial charge in [0.1, 0.15) is 0 Å². The SMILES string of the molecule is Clc1cccc(CNC[C@@H]2CCCO2)c1Cl. The molecule has 4 heteroatoms. The quantitative estimate of drug-likeness (QED) is 0.897. The second-order valence-corrected chi connectivity index (χ2v) is 4.76. The van der Waals surface area contributed by atoms with Crippen molar-refractivity contribution in [1.29, 1.82) is 0 Å². The smallest absolute Gasteiger partial charge is 0.0700 e.